The van der Waals surface area contributed by atoms with Crippen LogP contribution in [0.2, 0.25) is 0 Å². The van der Waals surface area contributed by atoms with E-state index in [1.165, 1.54) is 62.7 Å². The van der Waals surface area contributed by atoms with Crippen LogP contribution in [0.25, 0.3) is 21.8 Å². The molecule has 728 valence electrons. The Bertz CT molecular complexity index is 5400. The third-order valence-electron chi connectivity index (χ3n) is 24.0. The Kier molecular flexibility index (Phi) is 37.2. The summed E-state index contributed by atoms with van der Waals surface area (Å²) in [4.78, 5) is 266. The fourth-order valence-corrected chi connectivity index (χ4v) is 17.6. The van der Waals surface area contributed by atoms with Crippen molar-refractivity contribution >= 4 is 134 Å². The van der Waals surface area contributed by atoms with E-state index in [-0.39, 0.29) is 93.3 Å². The highest BCUT2D eigenvalue weighted by Gasteiger charge is 2.47. The Labute approximate surface area is 781 Å². The van der Waals surface area contributed by atoms with E-state index in [1.54, 1.807) is 74.8 Å². The number of carbonyl (C=O) groups is 17. The van der Waals surface area contributed by atoms with E-state index in [0.29, 0.717) is 64.2 Å². The number of rotatable bonds is 25. The van der Waals surface area contributed by atoms with Crippen LogP contribution in [0.4, 0.5) is 0 Å². The number of primary amides is 3. The summed E-state index contributed by atoms with van der Waals surface area (Å²) < 4.78 is 1.02. The Morgan fingerprint density at radius 3 is 1.74 bits per heavy atom. The summed E-state index contributed by atoms with van der Waals surface area (Å²) in [6.07, 6.45) is 2.67. The normalized spacial score (nSPS) is 24.6. The number of benzene rings is 3. The van der Waals surface area contributed by atoms with Gasteiger partial charge in [0.15, 0.2) is 5.82 Å². The van der Waals surface area contributed by atoms with Crippen LogP contribution < -0.4 is 70.4 Å². The number of tetrazole rings is 1. The number of hydrogen-bond acceptors (Lipinski definition) is 25. The van der Waals surface area contributed by atoms with Gasteiger partial charge < -0.3 is 120 Å². The van der Waals surface area contributed by atoms with Crippen molar-refractivity contribution in [3.05, 3.63) is 126 Å². The second-order valence-electron chi connectivity index (χ2n) is 34.5. The molecule has 0 aliphatic carbocycles. The average molecular weight is 1890 g/mol. The number of nitrogens with zero attached hydrogens (tertiary/aromatic N) is 9. The van der Waals surface area contributed by atoms with E-state index < -0.39 is 242 Å². The van der Waals surface area contributed by atoms with Gasteiger partial charge in [0.2, 0.25) is 100 Å². The van der Waals surface area contributed by atoms with E-state index >= 15 is 38.4 Å². The number of amides is 17. The molecule has 2 fully saturated rings. The van der Waals surface area contributed by atoms with Crippen molar-refractivity contribution in [2.24, 2.45) is 23.1 Å². The summed E-state index contributed by atoms with van der Waals surface area (Å²) in [5.74, 6) is -17.7. The number of nitrogens with one attached hydrogen (secondary N) is 13. The zero-order chi connectivity index (χ0) is 98.0. The van der Waals surface area contributed by atoms with Crippen LogP contribution >= 0.6 is 11.8 Å². The summed E-state index contributed by atoms with van der Waals surface area (Å²) in [5.41, 5.74) is 19.8. The van der Waals surface area contributed by atoms with E-state index in [4.69, 9.17) is 17.2 Å². The van der Waals surface area contributed by atoms with Crippen LogP contribution in [0.15, 0.2) is 97.7 Å². The number of phenols is 1. The van der Waals surface area contributed by atoms with E-state index in [2.05, 4.69) is 88.6 Å². The minimum absolute atomic E-state index is 0.00711. The largest absolute Gasteiger partial charge is 0.508 e. The molecule has 3 aromatic carbocycles. The molecule has 46 heteroatoms. The molecule has 15 atom stereocenters. The van der Waals surface area contributed by atoms with E-state index in [9.17, 15) is 58.5 Å². The van der Waals surface area contributed by atoms with Crippen molar-refractivity contribution < 1.29 is 96.8 Å². The molecule has 3 aliphatic heterocycles. The first kappa shape index (κ1) is 103. The fourth-order valence-electron chi connectivity index (χ4n) is 16.8. The number of aliphatic hydroxyl groups excluding tert-OH is 2. The zero-order valence-corrected chi connectivity index (χ0v) is 77.0. The van der Waals surface area contributed by atoms with Crippen molar-refractivity contribution in [2.75, 3.05) is 51.8 Å². The number of aromatic hydroxyl groups is 1. The molecule has 7 heterocycles. The van der Waals surface area contributed by atoms with Crippen molar-refractivity contribution in [2.45, 2.75) is 234 Å². The lowest BCUT2D eigenvalue weighted by molar-refractivity contribution is -0.149. The Hall–Kier alpha value is -13.9. The van der Waals surface area contributed by atoms with Gasteiger partial charge in [0.1, 0.15) is 84.3 Å². The first-order valence-corrected chi connectivity index (χ1v) is 46.1. The molecule has 135 heavy (non-hydrogen) atoms. The maximum absolute atomic E-state index is 15.7. The van der Waals surface area contributed by atoms with Crippen molar-refractivity contribution in [3.8, 4) is 5.75 Å². The molecule has 3 aliphatic rings. The molecule has 4 aromatic heterocycles. The smallest absolute Gasteiger partial charge is 0.246 e. The Balaban J connectivity index is 1.02. The predicted molar refractivity (Wildman–Crippen MR) is 488 cm³/mol. The van der Waals surface area contributed by atoms with Crippen LogP contribution in [0.3, 0.4) is 0 Å². The van der Waals surface area contributed by atoms with Crippen LogP contribution in [0.1, 0.15) is 158 Å². The lowest BCUT2D eigenvalue weighted by atomic mass is 9.99. The number of fused-ring (bicyclic) bond motifs is 5. The SMILES string of the molecule is CCCC[C@H]1C(=O)N(C)[C@@H](CCCC)C(=O)N[C@@H](CC(C)C)C(=O)N[C@H](C(=O)NCC(N)=O)CSCC(=O)N[C@@H](Cc2ccc(O)cc2)c2nnnn2[C@@H](C)C(=O)N[C@@H](CC(N)=O)C(=O)N2CCC[C@H]2C(=O)N[C@@H](Cc2cnc[nH]2)C(=O)N[C@@H](CCC(N)=O)C(=O)N2C[C@H](O)C[C@H]2C(=O)N[C@@H](Cc2c[nH]c3ccccc23)C(=O)N[C@@H](CO)C(=O)N[C@@H](Cc2c[nH]c3ccccc23)C(=O)N1C. The number of aromatic nitrogens is 8. The number of imidazole rings is 1. The van der Waals surface area contributed by atoms with Crippen LogP contribution in [-0.2, 0) is 107 Å². The molecule has 10 rings (SSSR count). The number of thioether (sulfide) groups is 1. The fraction of sp³-hybridized carbons (Fsp3) is 0.517. The van der Waals surface area contributed by atoms with Gasteiger partial charge in [0.25, 0.3) is 0 Å². The summed E-state index contributed by atoms with van der Waals surface area (Å²) in [5, 5.41) is 72.8. The van der Waals surface area contributed by atoms with Gasteiger partial charge in [0, 0.05) is 118 Å². The van der Waals surface area contributed by atoms with Gasteiger partial charge in [-0.05, 0) is 103 Å². The molecule has 0 spiro atoms. The monoisotopic (exact) mass is 1890 g/mol. The Morgan fingerprint density at radius 1 is 0.570 bits per heavy atom. The van der Waals surface area contributed by atoms with Gasteiger partial charge in [0.05, 0.1) is 43.8 Å². The summed E-state index contributed by atoms with van der Waals surface area (Å²) in [6, 6.07) is -2.08. The number of phenolic OH excluding ortho intramolecular Hbond substituents is 1. The molecule has 2 saturated heterocycles. The highest BCUT2D eigenvalue weighted by molar-refractivity contribution is 8.00. The lowest BCUT2D eigenvalue weighted by Crippen LogP contribution is -2.62. The van der Waals surface area contributed by atoms with Crippen LogP contribution in [-0.4, -0.2) is 306 Å². The number of hydrogen-bond donors (Lipinski definition) is 19. The van der Waals surface area contributed by atoms with Gasteiger partial charge >= 0.3 is 0 Å². The summed E-state index contributed by atoms with van der Waals surface area (Å²) in [7, 11) is 2.72. The quantitative estimate of drug-likeness (QED) is 0.0274. The number of likely N-dealkylation sites (N-methyl/N-ethyl adjacent to an activating group) is 2. The molecule has 22 N–H and O–H groups in total. The van der Waals surface area contributed by atoms with Gasteiger partial charge in [-0.25, -0.2) is 9.67 Å². The van der Waals surface area contributed by atoms with E-state index in [1.807, 2.05) is 13.8 Å². The highest BCUT2D eigenvalue weighted by atomic mass is 32.2. The van der Waals surface area contributed by atoms with Gasteiger partial charge in [-0.2, -0.15) is 0 Å². The summed E-state index contributed by atoms with van der Waals surface area (Å²) in [6.45, 7) is 6.03. The number of para-hydroxylation sites is 2. The maximum atomic E-state index is 15.7. The third-order valence-corrected chi connectivity index (χ3v) is 25.0. The number of nitrogens with two attached hydrogens (primary N) is 3. The van der Waals surface area contributed by atoms with E-state index in [0.717, 1.165) is 31.1 Å². The molecule has 0 saturated carbocycles. The van der Waals surface area contributed by atoms with Gasteiger partial charge in [-0.1, -0.05) is 102 Å². The maximum Gasteiger partial charge on any atom is 0.246 e. The molecule has 7 aromatic rings. The molecular formula is C89H121N25O20S. The average Bonchev–Trinajstić information content (AvgIpc) is 1.73. The number of aliphatic hydroxyl groups is 2. The van der Waals surface area contributed by atoms with Gasteiger partial charge in [-0.15, -0.1) is 16.9 Å². The van der Waals surface area contributed by atoms with Crippen LogP contribution in [0.5, 0.6) is 5.75 Å². The van der Waals surface area contributed by atoms with Crippen LogP contribution in [0, 0.1) is 5.92 Å². The van der Waals surface area contributed by atoms with Crippen molar-refractivity contribution in [1.82, 2.24) is 113 Å². The topological polar surface area (TPSA) is 666 Å². The van der Waals surface area contributed by atoms with Gasteiger partial charge in [-0.3, -0.25) is 81.5 Å². The second-order valence-corrected chi connectivity index (χ2v) is 35.6. The lowest BCUT2D eigenvalue weighted by Gasteiger charge is -2.36. The Morgan fingerprint density at radius 2 is 1.13 bits per heavy atom. The minimum atomic E-state index is -1.91. The predicted octanol–water partition coefficient (Wildman–Crippen LogP) is -2.85. The number of aromatic amines is 3. The minimum Gasteiger partial charge on any atom is -0.508 e. The summed E-state index contributed by atoms with van der Waals surface area (Å²) >= 11 is 0.832. The van der Waals surface area contributed by atoms with Crippen molar-refractivity contribution in [3.63, 3.8) is 0 Å². The number of H-pyrrole nitrogens is 3. The molecular weight excluding hydrogens is 1770 g/mol. The molecule has 0 unspecified atom stereocenters. The number of carbonyl (C=O) groups excluding carboxylic acids is 17. The highest BCUT2D eigenvalue weighted by Crippen LogP contribution is 2.29. The standard InChI is InChI=1S/C89H121N25O20S/c1-8-10-21-68-83(128)100-61(31-47(3)4)79(124)106-67(78(123)96-41-74(92)120)44-135-45-75(121)98-60(32-49-24-26-53(116)27-25-49)76-107-108-109-114(76)48(5)77(122)103-65(37-73(91)119)88(133)112-30-16-23-69(112)84(129)102-63(35-52-40-93-46-97-52)81(126)99-59(28-29-72(90)118)87(132)113-42-54(117)36-71(113)85(130)101-62(33-50-38-94-57-19-14-12-17-55(50)57)80(125)105-66(43-115)82(127)104-64(34-51-39-95-58-20-15-13-18-56(51)58)86(131)111(7)70(22-11-9-2)89(134)110(68)6/h12-15,17-20,24-27,38-40,46-48,54,59-71,94-95,115-117H,8-11,16,21-23,28-37,41-45H2,1-7H3,(H2,90,118)(H2,91,119)(H2,92,120)(H,93,97)(H,96,123)(H,98,121)(H,99,126)(H,100,128)(H,101,130)(H,102,129)(H,103,122)(H,104,127)(H,105,125)(H,106,124)/t48-,54+,59-,60-,61-,62-,63-,64-,65-,66-,67-,68-,69-,70-,71-/m0/s1. The molecule has 45 nitrogen and oxygen atoms in total. The third kappa shape index (κ3) is 27.9. The first-order valence-electron chi connectivity index (χ1n) is 44.9. The number of unbranched alkanes of at least 4 members (excludes halogenated alkanes) is 2. The zero-order valence-electron chi connectivity index (χ0n) is 76.2. The molecule has 0 radical (unpaired) electrons. The molecule has 17 amide bonds. The second kappa shape index (κ2) is 48.7. The van der Waals surface area contributed by atoms with Crippen molar-refractivity contribution in [1.29, 1.82) is 0 Å². The molecule has 0 bridgehead atoms. The first-order chi connectivity index (χ1) is 64.4.